The molecule has 0 saturated heterocycles. The summed E-state index contributed by atoms with van der Waals surface area (Å²) >= 11 is 0. The minimum Gasteiger partial charge on any atom is -0.507 e. The Kier molecular flexibility index (Phi) is 7.87. The highest BCUT2D eigenvalue weighted by molar-refractivity contribution is 7.89. The van der Waals surface area contributed by atoms with Crippen molar-refractivity contribution in [3.8, 4) is 23.0 Å². The van der Waals surface area contributed by atoms with Crippen molar-refractivity contribution in [3.05, 3.63) is 143 Å². The van der Waals surface area contributed by atoms with Crippen LogP contribution in [0.5, 0.6) is 23.0 Å². The van der Waals surface area contributed by atoms with Crippen molar-refractivity contribution >= 4 is 34.9 Å². The standard InChI is InChI=1S/C33H25N2O9PS/c34-46(41,42)24-16-14-21(15-17-24)35-33(45(40,43-22-8-3-1-4-9-22)44-23-10-5-2-6-11-23)20-18-26-30(28(37)19-20)32(39)29-25(31(26)38)12-7-13-27(29)36/h1-19,33,35-37H,(H2,34,41,42). The van der Waals surface area contributed by atoms with Crippen LogP contribution in [0.3, 0.4) is 0 Å². The molecule has 11 nitrogen and oxygen atoms in total. The number of phenolic OH excluding ortho intramolecular Hbond substituents is 2. The molecule has 5 N–H and O–H groups in total. The van der Waals surface area contributed by atoms with Gasteiger partial charge in [0, 0.05) is 16.8 Å². The average Bonchev–Trinajstić information content (AvgIpc) is 3.02. The van der Waals surface area contributed by atoms with Crippen molar-refractivity contribution in [1.82, 2.24) is 0 Å². The van der Waals surface area contributed by atoms with E-state index in [2.05, 4.69) is 5.32 Å². The van der Waals surface area contributed by atoms with Crippen LogP contribution in [0, 0.1) is 0 Å². The summed E-state index contributed by atoms with van der Waals surface area (Å²) in [6.45, 7) is 0. The number of rotatable bonds is 9. The fourth-order valence-corrected chi connectivity index (χ4v) is 7.50. The van der Waals surface area contributed by atoms with E-state index in [1.807, 2.05) is 0 Å². The highest BCUT2D eigenvalue weighted by Gasteiger charge is 2.43. The van der Waals surface area contributed by atoms with Crippen LogP contribution in [0.2, 0.25) is 0 Å². The molecular formula is C33H25N2O9PS. The van der Waals surface area contributed by atoms with Gasteiger partial charge in [0.25, 0.3) is 0 Å². The lowest BCUT2D eigenvalue weighted by Crippen LogP contribution is -2.23. The molecule has 0 bridgehead atoms. The van der Waals surface area contributed by atoms with Gasteiger partial charge in [0.05, 0.1) is 16.0 Å². The van der Waals surface area contributed by atoms with Crippen molar-refractivity contribution in [1.29, 1.82) is 0 Å². The zero-order chi connectivity index (χ0) is 32.6. The van der Waals surface area contributed by atoms with E-state index in [1.54, 1.807) is 60.7 Å². The predicted molar refractivity (Wildman–Crippen MR) is 169 cm³/mol. The molecule has 1 aliphatic rings. The van der Waals surface area contributed by atoms with Crippen LogP contribution >= 0.6 is 7.60 Å². The molecule has 0 spiro atoms. The van der Waals surface area contributed by atoms with Gasteiger partial charge in [-0.2, -0.15) is 0 Å². The zero-order valence-electron chi connectivity index (χ0n) is 23.7. The first kappa shape index (κ1) is 30.6. The molecule has 0 aromatic heterocycles. The molecule has 5 aromatic rings. The Morgan fingerprint density at radius 1 is 0.674 bits per heavy atom. The number of anilines is 1. The molecule has 6 rings (SSSR count). The zero-order valence-corrected chi connectivity index (χ0v) is 25.4. The molecule has 0 radical (unpaired) electrons. The second-order valence-electron chi connectivity index (χ2n) is 10.3. The van der Waals surface area contributed by atoms with Gasteiger partial charge < -0.3 is 24.6 Å². The van der Waals surface area contributed by atoms with Gasteiger partial charge in [-0.1, -0.05) is 48.5 Å². The van der Waals surface area contributed by atoms with Crippen molar-refractivity contribution in [3.63, 3.8) is 0 Å². The summed E-state index contributed by atoms with van der Waals surface area (Å²) in [5, 5.41) is 29.8. The second-order valence-corrected chi connectivity index (χ2v) is 13.8. The molecule has 0 heterocycles. The molecule has 46 heavy (non-hydrogen) atoms. The Labute approximate surface area is 263 Å². The first-order chi connectivity index (χ1) is 21.9. The number of sulfonamides is 1. The molecule has 5 aromatic carbocycles. The number of phenols is 2. The average molecular weight is 657 g/mol. The molecule has 0 fully saturated rings. The lowest BCUT2D eigenvalue weighted by atomic mass is 9.82. The van der Waals surface area contributed by atoms with Gasteiger partial charge in [-0.15, -0.1) is 0 Å². The smallest absolute Gasteiger partial charge is 0.457 e. The summed E-state index contributed by atoms with van der Waals surface area (Å²) < 4.78 is 50.9. The molecule has 0 amide bonds. The summed E-state index contributed by atoms with van der Waals surface area (Å²) in [7, 11) is -8.49. The second kappa shape index (κ2) is 11.8. The van der Waals surface area contributed by atoms with Gasteiger partial charge in [0.1, 0.15) is 23.0 Å². The number of carbonyl (C=O) groups is 2. The van der Waals surface area contributed by atoms with Crippen LogP contribution in [0.25, 0.3) is 0 Å². The van der Waals surface area contributed by atoms with Crippen molar-refractivity contribution in [2.75, 3.05) is 5.32 Å². The van der Waals surface area contributed by atoms with E-state index in [0.717, 1.165) is 6.07 Å². The Morgan fingerprint density at radius 3 is 1.80 bits per heavy atom. The molecule has 1 atom stereocenters. The molecule has 0 saturated carbocycles. The SMILES string of the molecule is NS(=O)(=O)c1ccc(NC(c2cc(O)c3c(c2)C(=O)c2cccc(O)c2C3=O)P(=O)(Oc2ccccc2)Oc2ccccc2)cc1. The van der Waals surface area contributed by atoms with Crippen LogP contribution in [0.1, 0.15) is 43.2 Å². The minimum absolute atomic E-state index is 0.0340. The van der Waals surface area contributed by atoms with E-state index in [1.165, 1.54) is 48.5 Å². The number of fused-ring (bicyclic) bond motifs is 2. The van der Waals surface area contributed by atoms with Crippen molar-refractivity contribution in [2.45, 2.75) is 10.7 Å². The number of aromatic hydroxyl groups is 2. The number of carbonyl (C=O) groups excluding carboxylic acids is 2. The molecule has 0 aliphatic heterocycles. The summed E-state index contributed by atoms with van der Waals surface area (Å²) in [5.74, 6) is -3.55. The Bertz CT molecular complexity index is 2090. The Balaban J connectivity index is 1.53. The molecule has 232 valence electrons. The van der Waals surface area contributed by atoms with E-state index in [9.17, 15) is 28.2 Å². The Hall–Kier alpha value is -5.42. The number of primary sulfonamides is 1. The predicted octanol–water partition coefficient (Wildman–Crippen LogP) is 5.98. The van der Waals surface area contributed by atoms with Crippen molar-refractivity contribution in [2.24, 2.45) is 5.14 Å². The molecular weight excluding hydrogens is 631 g/mol. The first-order valence-electron chi connectivity index (χ1n) is 13.7. The summed E-state index contributed by atoms with van der Waals surface area (Å²) in [6.07, 6.45) is 0. The van der Waals surface area contributed by atoms with Gasteiger partial charge in [-0.25, -0.2) is 18.1 Å². The largest absolute Gasteiger partial charge is 0.507 e. The number of benzene rings is 5. The number of nitrogens with two attached hydrogens (primary N) is 1. The normalized spacial score (nSPS) is 13.3. The summed E-state index contributed by atoms with van der Waals surface area (Å²) in [6, 6.07) is 28.2. The highest BCUT2D eigenvalue weighted by atomic mass is 32.2. The molecule has 1 aliphatic carbocycles. The molecule has 1 unspecified atom stereocenters. The van der Waals surface area contributed by atoms with Crippen LogP contribution in [-0.4, -0.2) is 30.2 Å². The maximum absolute atomic E-state index is 15.1. The fourth-order valence-electron chi connectivity index (χ4n) is 5.09. The Morgan fingerprint density at radius 2 is 1.24 bits per heavy atom. The van der Waals surface area contributed by atoms with Gasteiger partial charge in [0.15, 0.2) is 11.6 Å². The topological polar surface area (TPSA) is 182 Å². The maximum Gasteiger partial charge on any atom is 0.457 e. The first-order valence-corrected chi connectivity index (χ1v) is 16.9. The lowest BCUT2D eigenvalue weighted by Gasteiger charge is -2.30. The van der Waals surface area contributed by atoms with Crippen LogP contribution in [0.15, 0.2) is 120 Å². The van der Waals surface area contributed by atoms with E-state index >= 15 is 4.57 Å². The third-order valence-corrected chi connectivity index (χ3v) is 10.1. The number of ketones is 2. The van der Waals surface area contributed by atoms with E-state index in [-0.39, 0.29) is 49.9 Å². The highest BCUT2D eigenvalue weighted by Crippen LogP contribution is 2.60. The lowest BCUT2D eigenvalue weighted by molar-refractivity contribution is 0.0974. The quantitative estimate of drug-likeness (QED) is 0.135. The maximum atomic E-state index is 15.1. The third-order valence-electron chi connectivity index (χ3n) is 7.20. The van der Waals surface area contributed by atoms with E-state index in [4.69, 9.17) is 14.2 Å². The minimum atomic E-state index is -4.47. The number of hydrogen-bond acceptors (Lipinski definition) is 10. The van der Waals surface area contributed by atoms with Crippen LogP contribution < -0.4 is 19.5 Å². The van der Waals surface area contributed by atoms with Crippen LogP contribution in [0.4, 0.5) is 5.69 Å². The van der Waals surface area contributed by atoms with Gasteiger partial charge >= 0.3 is 7.60 Å². The van der Waals surface area contributed by atoms with Crippen molar-refractivity contribution < 1.29 is 41.8 Å². The van der Waals surface area contributed by atoms with E-state index in [0.29, 0.717) is 0 Å². The van der Waals surface area contributed by atoms with Gasteiger partial charge in [0.2, 0.25) is 15.8 Å². The van der Waals surface area contributed by atoms with Crippen LogP contribution in [-0.2, 0) is 14.6 Å². The summed E-state index contributed by atoms with van der Waals surface area (Å²) in [5.41, 5.74) is -0.547. The number of para-hydroxylation sites is 2. The third kappa shape index (κ3) is 5.84. The number of nitrogens with one attached hydrogen (secondary N) is 1. The fraction of sp³-hybridized carbons (Fsp3) is 0.0303. The number of hydrogen-bond donors (Lipinski definition) is 4. The monoisotopic (exact) mass is 656 g/mol. The van der Waals surface area contributed by atoms with Gasteiger partial charge in [-0.3, -0.25) is 9.59 Å². The van der Waals surface area contributed by atoms with Gasteiger partial charge in [-0.05, 0) is 72.3 Å². The molecule has 13 heteroatoms. The summed E-state index contributed by atoms with van der Waals surface area (Å²) in [4.78, 5) is 26.9. The van der Waals surface area contributed by atoms with E-state index < -0.39 is 46.5 Å².